The summed E-state index contributed by atoms with van der Waals surface area (Å²) >= 11 is 0. The van der Waals surface area contributed by atoms with Crippen LogP contribution >= 0.6 is 0 Å². The van der Waals surface area contributed by atoms with E-state index in [4.69, 9.17) is 5.41 Å². The zero-order valence-corrected chi connectivity index (χ0v) is 12.4. The van der Waals surface area contributed by atoms with Crippen LogP contribution in [0, 0.1) is 5.41 Å². The molecule has 1 heterocycles. The summed E-state index contributed by atoms with van der Waals surface area (Å²) in [5, 5.41) is 11.1. The van der Waals surface area contributed by atoms with Gasteiger partial charge in [0.2, 0.25) is 0 Å². The van der Waals surface area contributed by atoms with Crippen molar-refractivity contribution in [2.24, 2.45) is 0 Å². The molecular formula is C16H19F2N3O. The molecule has 4 nitrogen and oxygen atoms in total. The van der Waals surface area contributed by atoms with Crippen molar-refractivity contribution in [3.8, 4) is 0 Å². The zero-order valence-electron chi connectivity index (χ0n) is 12.4. The number of piperidine rings is 1. The molecule has 0 aromatic heterocycles. The van der Waals surface area contributed by atoms with Gasteiger partial charge in [0.05, 0.1) is 6.54 Å². The maximum absolute atomic E-state index is 12.4. The van der Waals surface area contributed by atoms with Crippen LogP contribution in [-0.2, 0) is 11.3 Å². The number of carbonyl (C=O) groups is 1. The number of benzene rings is 1. The Morgan fingerprint density at radius 1 is 1.36 bits per heavy atom. The van der Waals surface area contributed by atoms with Crippen molar-refractivity contribution < 1.29 is 13.6 Å². The van der Waals surface area contributed by atoms with Crippen LogP contribution in [0.2, 0.25) is 0 Å². The molecule has 0 atom stereocenters. The predicted octanol–water partition coefficient (Wildman–Crippen LogP) is 2.57. The van der Waals surface area contributed by atoms with Crippen molar-refractivity contribution in [3.05, 3.63) is 47.2 Å². The number of amides is 1. The number of likely N-dealkylation sites (tertiary alicyclic amines) is 1. The van der Waals surface area contributed by atoms with Gasteiger partial charge in [0.1, 0.15) is 5.71 Å². The van der Waals surface area contributed by atoms with E-state index in [9.17, 15) is 13.6 Å². The molecule has 0 spiro atoms. The molecule has 6 heteroatoms. The Kier molecular flexibility index (Phi) is 5.25. The second-order valence-corrected chi connectivity index (χ2v) is 5.21. The van der Waals surface area contributed by atoms with Gasteiger partial charge < -0.3 is 10.2 Å². The molecule has 1 aliphatic heterocycles. The monoisotopic (exact) mass is 307 g/mol. The Morgan fingerprint density at radius 2 is 2.05 bits per heavy atom. The van der Waals surface area contributed by atoms with Gasteiger partial charge in [-0.1, -0.05) is 30.3 Å². The van der Waals surface area contributed by atoms with Crippen molar-refractivity contribution in [2.75, 3.05) is 13.1 Å². The van der Waals surface area contributed by atoms with Gasteiger partial charge in [0.15, 0.2) is 0 Å². The topological polar surface area (TPSA) is 56.2 Å². The highest BCUT2D eigenvalue weighted by atomic mass is 19.3. The van der Waals surface area contributed by atoms with Gasteiger partial charge in [-0.2, -0.15) is 0 Å². The van der Waals surface area contributed by atoms with Gasteiger partial charge in [-0.05, 0) is 18.9 Å². The molecule has 2 N–H and O–H groups in total. The molecule has 1 amide bonds. The fraction of sp³-hybridized carbons (Fsp3) is 0.375. The summed E-state index contributed by atoms with van der Waals surface area (Å²) in [6.45, 7) is 2.03. The van der Waals surface area contributed by atoms with Crippen LogP contribution in [0.15, 0.2) is 41.6 Å². The van der Waals surface area contributed by atoms with Gasteiger partial charge in [-0.3, -0.25) is 10.2 Å². The highest BCUT2D eigenvalue weighted by Crippen LogP contribution is 2.18. The van der Waals surface area contributed by atoms with Crippen LogP contribution in [0.1, 0.15) is 18.9 Å². The van der Waals surface area contributed by atoms with Crippen molar-refractivity contribution >= 4 is 11.6 Å². The summed E-state index contributed by atoms with van der Waals surface area (Å²) < 4.78 is 24.8. The van der Waals surface area contributed by atoms with E-state index in [0.29, 0.717) is 18.5 Å². The summed E-state index contributed by atoms with van der Waals surface area (Å²) in [7, 11) is 0. The average molecular weight is 307 g/mol. The molecule has 0 radical (unpaired) electrons. The van der Waals surface area contributed by atoms with Crippen molar-refractivity contribution in [1.29, 1.82) is 5.41 Å². The molecule has 1 aromatic carbocycles. The Bertz CT molecular complexity index is 584. The molecule has 2 rings (SSSR count). The van der Waals surface area contributed by atoms with Gasteiger partial charge in [-0.15, -0.1) is 0 Å². The third-order valence-electron chi connectivity index (χ3n) is 3.65. The molecule has 0 aliphatic carbocycles. The number of carbonyl (C=O) groups excluding carboxylic acids is 1. The van der Waals surface area contributed by atoms with Crippen molar-refractivity contribution in [2.45, 2.75) is 26.3 Å². The Hall–Kier alpha value is -2.24. The number of nitrogens with zero attached hydrogens (tertiary/aromatic N) is 1. The fourth-order valence-corrected chi connectivity index (χ4v) is 2.41. The van der Waals surface area contributed by atoms with Crippen LogP contribution in [0.5, 0.6) is 0 Å². The first kappa shape index (κ1) is 16.1. The summed E-state index contributed by atoms with van der Waals surface area (Å²) in [4.78, 5) is 13.0. The number of hydrogen-bond donors (Lipinski definition) is 2. The Balaban J connectivity index is 2.02. The lowest BCUT2D eigenvalue weighted by Crippen LogP contribution is -2.45. The number of halogens is 2. The number of rotatable bonds is 5. The number of allylic oxidation sites excluding steroid dienone is 1. The molecule has 1 aliphatic rings. The molecule has 22 heavy (non-hydrogen) atoms. The normalized spacial score (nSPS) is 17.9. The molecule has 1 fully saturated rings. The first-order valence-corrected chi connectivity index (χ1v) is 7.13. The van der Waals surface area contributed by atoms with E-state index in [2.05, 4.69) is 5.32 Å². The van der Waals surface area contributed by atoms with E-state index in [0.717, 1.165) is 16.2 Å². The quantitative estimate of drug-likeness (QED) is 0.878. The van der Waals surface area contributed by atoms with Crippen molar-refractivity contribution in [1.82, 2.24) is 10.2 Å². The van der Waals surface area contributed by atoms with Gasteiger partial charge in [0.25, 0.3) is 12.3 Å². The van der Waals surface area contributed by atoms with Gasteiger partial charge >= 0.3 is 0 Å². The average Bonchev–Trinajstić information content (AvgIpc) is 2.50. The van der Waals surface area contributed by atoms with E-state index in [-0.39, 0.29) is 12.3 Å². The lowest BCUT2D eigenvalue weighted by molar-refractivity contribution is -0.126. The lowest BCUT2D eigenvalue weighted by atomic mass is 9.99. The summed E-state index contributed by atoms with van der Waals surface area (Å²) in [5.41, 5.74) is 2.26. The van der Waals surface area contributed by atoms with Gasteiger partial charge in [-0.25, -0.2) is 8.78 Å². The molecule has 0 bridgehead atoms. The minimum atomic E-state index is -2.57. The molecule has 0 saturated carbocycles. The first-order valence-electron chi connectivity index (χ1n) is 7.13. The highest BCUT2D eigenvalue weighted by Gasteiger charge is 2.30. The third kappa shape index (κ3) is 3.90. The maximum Gasteiger partial charge on any atom is 0.272 e. The Labute approximate surface area is 128 Å². The molecule has 1 saturated heterocycles. The van der Waals surface area contributed by atoms with E-state index in [1.165, 1.54) is 0 Å². The summed E-state index contributed by atoms with van der Waals surface area (Å²) in [6.07, 6.45) is -2.15. The third-order valence-corrected chi connectivity index (χ3v) is 3.65. The number of alkyl halides is 2. The molecule has 1 aromatic rings. The van der Waals surface area contributed by atoms with E-state index < -0.39 is 18.9 Å². The molecular weight excluding hydrogens is 288 g/mol. The van der Waals surface area contributed by atoms with Crippen LogP contribution in [-0.4, -0.2) is 36.0 Å². The minimum absolute atomic E-state index is 0.190. The van der Waals surface area contributed by atoms with Crippen molar-refractivity contribution in [3.63, 3.8) is 0 Å². The van der Waals surface area contributed by atoms with E-state index in [1.54, 1.807) is 0 Å². The maximum atomic E-state index is 12.4. The van der Waals surface area contributed by atoms with Crippen LogP contribution in [0.4, 0.5) is 8.78 Å². The standard InChI is InChI=1S/C16H19F2N3O/c1-11(20-9-12-5-3-2-4-6-12)13-7-8-21(10-14(17)18)16(22)15(13)19/h2-6,14,19-20H,7-10H2,1H3/b13-11-,19-15?. The SMILES string of the molecule is C/C(NCc1ccccc1)=C1\CCN(CC(F)F)C(=O)C1=N. The first-order chi connectivity index (χ1) is 10.5. The molecule has 118 valence electrons. The van der Waals surface area contributed by atoms with E-state index in [1.807, 2.05) is 37.3 Å². The number of hydrogen-bond acceptors (Lipinski definition) is 3. The van der Waals surface area contributed by atoms with E-state index >= 15 is 0 Å². The van der Waals surface area contributed by atoms with Crippen LogP contribution in [0.3, 0.4) is 0 Å². The smallest absolute Gasteiger partial charge is 0.272 e. The van der Waals surface area contributed by atoms with Gasteiger partial charge in [0, 0.05) is 24.4 Å². The fourth-order valence-electron chi connectivity index (χ4n) is 2.41. The predicted molar refractivity (Wildman–Crippen MR) is 80.9 cm³/mol. The zero-order chi connectivity index (χ0) is 16.1. The summed E-state index contributed by atoms with van der Waals surface area (Å²) in [6, 6.07) is 9.77. The second kappa shape index (κ2) is 7.15. The summed E-state index contributed by atoms with van der Waals surface area (Å²) in [5.74, 6) is -0.623. The minimum Gasteiger partial charge on any atom is -0.384 e. The largest absolute Gasteiger partial charge is 0.384 e. The lowest BCUT2D eigenvalue weighted by Gasteiger charge is -2.29. The Morgan fingerprint density at radius 3 is 2.68 bits per heavy atom. The van der Waals surface area contributed by atoms with Crippen LogP contribution < -0.4 is 5.32 Å². The second-order valence-electron chi connectivity index (χ2n) is 5.21. The highest BCUT2D eigenvalue weighted by molar-refractivity contribution is 6.44. The number of nitrogens with one attached hydrogen (secondary N) is 2. The molecule has 0 unspecified atom stereocenters. The van der Waals surface area contributed by atoms with Crippen LogP contribution in [0.25, 0.3) is 0 Å².